The van der Waals surface area contributed by atoms with Crippen molar-refractivity contribution in [2.75, 3.05) is 31.9 Å². The standard InChI is InChI=1S/C11H22N2O4S/c1-2-13(9-10-4-3-6-12-8-10)18(16,17)7-5-11(14)15/h10,12H,2-9H2,1H3,(H,14,15). The monoisotopic (exact) mass is 278 g/mol. The number of aliphatic carboxylic acids is 1. The number of nitrogens with one attached hydrogen (secondary N) is 1. The van der Waals surface area contributed by atoms with Crippen LogP contribution < -0.4 is 5.32 Å². The molecular formula is C11H22N2O4S. The lowest BCUT2D eigenvalue weighted by molar-refractivity contribution is -0.136. The van der Waals surface area contributed by atoms with Gasteiger partial charge in [-0.3, -0.25) is 4.79 Å². The second-order valence-electron chi connectivity index (χ2n) is 4.62. The molecule has 1 aliphatic rings. The molecule has 1 heterocycles. The molecule has 1 aliphatic heterocycles. The van der Waals surface area contributed by atoms with Crippen LogP contribution in [0.3, 0.4) is 0 Å². The summed E-state index contributed by atoms with van der Waals surface area (Å²) >= 11 is 0. The molecule has 0 aromatic carbocycles. The molecule has 1 unspecified atom stereocenters. The fourth-order valence-electron chi connectivity index (χ4n) is 2.15. The van der Waals surface area contributed by atoms with Gasteiger partial charge in [-0.1, -0.05) is 6.92 Å². The average molecular weight is 278 g/mol. The number of hydrogen-bond donors (Lipinski definition) is 2. The van der Waals surface area contributed by atoms with Crippen molar-refractivity contribution < 1.29 is 18.3 Å². The van der Waals surface area contributed by atoms with Gasteiger partial charge in [-0.2, -0.15) is 0 Å². The average Bonchev–Trinajstić information content (AvgIpc) is 2.34. The molecule has 1 saturated heterocycles. The summed E-state index contributed by atoms with van der Waals surface area (Å²) < 4.78 is 25.4. The molecule has 0 radical (unpaired) electrons. The van der Waals surface area contributed by atoms with E-state index in [2.05, 4.69) is 5.32 Å². The number of carboxylic acid groups (broad SMARTS) is 1. The highest BCUT2D eigenvalue weighted by Crippen LogP contribution is 2.14. The third-order valence-electron chi connectivity index (χ3n) is 3.18. The smallest absolute Gasteiger partial charge is 0.304 e. The molecule has 0 aromatic heterocycles. The van der Waals surface area contributed by atoms with Crippen molar-refractivity contribution >= 4 is 16.0 Å². The Balaban J connectivity index is 2.54. The highest BCUT2D eigenvalue weighted by molar-refractivity contribution is 7.89. The number of piperidine rings is 1. The van der Waals surface area contributed by atoms with Crippen LogP contribution in [0.4, 0.5) is 0 Å². The van der Waals surface area contributed by atoms with Gasteiger partial charge in [0.15, 0.2) is 0 Å². The van der Waals surface area contributed by atoms with Gasteiger partial charge < -0.3 is 10.4 Å². The van der Waals surface area contributed by atoms with E-state index in [9.17, 15) is 13.2 Å². The molecule has 7 heteroatoms. The molecule has 0 aromatic rings. The number of hydrogen-bond acceptors (Lipinski definition) is 4. The summed E-state index contributed by atoms with van der Waals surface area (Å²) in [5.74, 6) is -1.05. The minimum atomic E-state index is -3.44. The van der Waals surface area contributed by atoms with Crippen molar-refractivity contribution in [1.82, 2.24) is 9.62 Å². The van der Waals surface area contributed by atoms with Crippen molar-refractivity contribution in [1.29, 1.82) is 0 Å². The Hall–Kier alpha value is -0.660. The molecule has 0 bridgehead atoms. The summed E-state index contributed by atoms with van der Waals surface area (Å²) in [6.45, 7) is 4.51. The van der Waals surface area contributed by atoms with Crippen molar-refractivity contribution in [3.63, 3.8) is 0 Å². The minimum Gasteiger partial charge on any atom is -0.481 e. The Morgan fingerprint density at radius 2 is 2.22 bits per heavy atom. The summed E-state index contributed by atoms with van der Waals surface area (Å²) in [5.41, 5.74) is 0. The Labute approximate surface area is 108 Å². The number of rotatable bonds is 7. The highest BCUT2D eigenvalue weighted by atomic mass is 32.2. The van der Waals surface area contributed by atoms with Gasteiger partial charge >= 0.3 is 5.97 Å². The van der Waals surface area contributed by atoms with Gasteiger partial charge in [-0.15, -0.1) is 0 Å². The first kappa shape index (κ1) is 15.4. The fourth-order valence-corrected chi connectivity index (χ4v) is 3.67. The second kappa shape index (κ2) is 7.06. The Kier molecular flexibility index (Phi) is 6.04. The largest absolute Gasteiger partial charge is 0.481 e. The van der Waals surface area contributed by atoms with E-state index in [1.165, 1.54) is 4.31 Å². The predicted octanol–water partition coefficient (Wildman–Crippen LogP) is 0.112. The number of carboxylic acids is 1. The van der Waals surface area contributed by atoms with Crippen LogP contribution in [0, 0.1) is 5.92 Å². The quantitative estimate of drug-likeness (QED) is 0.690. The van der Waals surface area contributed by atoms with Crippen LogP contribution in [-0.2, 0) is 14.8 Å². The van der Waals surface area contributed by atoms with Gasteiger partial charge in [0.25, 0.3) is 0 Å². The predicted molar refractivity (Wildman–Crippen MR) is 68.9 cm³/mol. The highest BCUT2D eigenvalue weighted by Gasteiger charge is 2.25. The third-order valence-corrected chi connectivity index (χ3v) is 5.09. The summed E-state index contributed by atoms with van der Waals surface area (Å²) in [6, 6.07) is 0. The van der Waals surface area contributed by atoms with Crippen LogP contribution in [0.25, 0.3) is 0 Å². The van der Waals surface area contributed by atoms with E-state index < -0.39 is 16.0 Å². The van der Waals surface area contributed by atoms with Crippen LogP contribution in [0.1, 0.15) is 26.2 Å². The summed E-state index contributed by atoms with van der Waals surface area (Å²) in [5, 5.41) is 11.8. The maximum atomic E-state index is 12.0. The summed E-state index contributed by atoms with van der Waals surface area (Å²) in [7, 11) is -3.44. The zero-order chi connectivity index (χ0) is 13.6. The zero-order valence-electron chi connectivity index (χ0n) is 10.8. The van der Waals surface area contributed by atoms with E-state index in [0.29, 0.717) is 19.0 Å². The molecule has 2 N–H and O–H groups in total. The Morgan fingerprint density at radius 3 is 2.72 bits per heavy atom. The lowest BCUT2D eigenvalue weighted by Gasteiger charge is -2.28. The van der Waals surface area contributed by atoms with E-state index in [1.54, 1.807) is 6.92 Å². The number of sulfonamides is 1. The molecule has 0 saturated carbocycles. The van der Waals surface area contributed by atoms with Gasteiger partial charge in [-0.25, -0.2) is 12.7 Å². The SMILES string of the molecule is CCN(CC1CCCNC1)S(=O)(=O)CCC(=O)O. The second-order valence-corrected chi connectivity index (χ2v) is 6.71. The first-order valence-electron chi connectivity index (χ1n) is 6.36. The lowest BCUT2D eigenvalue weighted by Crippen LogP contribution is -2.42. The molecular weight excluding hydrogens is 256 g/mol. The molecule has 0 spiro atoms. The lowest BCUT2D eigenvalue weighted by atomic mass is 10.00. The molecule has 0 aliphatic carbocycles. The molecule has 106 valence electrons. The number of nitrogens with zero attached hydrogens (tertiary/aromatic N) is 1. The fraction of sp³-hybridized carbons (Fsp3) is 0.909. The van der Waals surface area contributed by atoms with Crippen LogP contribution in [0.5, 0.6) is 0 Å². The first-order chi connectivity index (χ1) is 8.45. The van der Waals surface area contributed by atoms with Gasteiger partial charge in [-0.05, 0) is 31.8 Å². The normalized spacial score (nSPS) is 21.1. The zero-order valence-corrected chi connectivity index (χ0v) is 11.6. The van der Waals surface area contributed by atoms with E-state index in [4.69, 9.17) is 5.11 Å². The van der Waals surface area contributed by atoms with Crippen LogP contribution >= 0.6 is 0 Å². The summed E-state index contributed by atoms with van der Waals surface area (Å²) in [4.78, 5) is 10.5. The topological polar surface area (TPSA) is 86.7 Å². The van der Waals surface area contributed by atoms with Crippen molar-refractivity contribution in [3.05, 3.63) is 0 Å². The van der Waals surface area contributed by atoms with Crippen molar-refractivity contribution in [3.8, 4) is 0 Å². The van der Waals surface area contributed by atoms with Gasteiger partial charge in [0, 0.05) is 13.1 Å². The Bertz CT molecular complexity index is 363. The molecule has 6 nitrogen and oxygen atoms in total. The third kappa shape index (κ3) is 4.91. The Morgan fingerprint density at radius 1 is 1.50 bits per heavy atom. The van der Waals surface area contributed by atoms with Gasteiger partial charge in [0.2, 0.25) is 10.0 Å². The summed E-state index contributed by atoms with van der Waals surface area (Å²) in [6.07, 6.45) is 1.76. The maximum absolute atomic E-state index is 12.0. The van der Waals surface area contributed by atoms with E-state index in [1.807, 2.05) is 0 Å². The van der Waals surface area contributed by atoms with Crippen LogP contribution in [0.2, 0.25) is 0 Å². The molecule has 1 rings (SSSR count). The number of carbonyl (C=O) groups is 1. The molecule has 1 fully saturated rings. The van der Waals surface area contributed by atoms with E-state index in [-0.39, 0.29) is 12.2 Å². The maximum Gasteiger partial charge on any atom is 0.304 e. The van der Waals surface area contributed by atoms with Crippen molar-refractivity contribution in [2.45, 2.75) is 26.2 Å². The van der Waals surface area contributed by atoms with Crippen molar-refractivity contribution in [2.24, 2.45) is 5.92 Å². The molecule has 1 atom stereocenters. The first-order valence-corrected chi connectivity index (χ1v) is 7.97. The van der Waals surface area contributed by atoms with Crippen LogP contribution in [-0.4, -0.2) is 55.7 Å². The van der Waals surface area contributed by atoms with E-state index in [0.717, 1.165) is 25.9 Å². The minimum absolute atomic E-state index is 0.309. The van der Waals surface area contributed by atoms with Gasteiger partial charge in [0.1, 0.15) is 0 Å². The molecule has 18 heavy (non-hydrogen) atoms. The van der Waals surface area contributed by atoms with Gasteiger partial charge in [0.05, 0.1) is 12.2 Å². The molecule has 0 amide bonds. The van der Waals surface area contributed by atoms with E-state index >= 15 is 0 Å². The van der Waals surface area contributed by atoms with Crippen LogP contribution in [0.15, 0.2) is 0 Å².